The number of benzene rings is 1. The molecule has 0 atom stereocenters. The number of halogens is 3. The predicted molar refractivity (Wildman–Crippen MR) is 48.7 cm³/mol. The van der Waals surface area contributed by atoms with E-state index in [9.17, 15) is 12.6 Å². The molecule has 1 aliphatic rings. The average Bonchev–Trinajstić information content (AvgIpc) is 2.49. The Bertz CT molecular complexity index is 242. The van der Waals surface area contributed by atoms with E-state index in [2.05, 4.69) is 24.3 Å². The van der Waals surface area contributed by atoms with Gasteiger partial charge in [-0.25, -0.2) is 0 Å². The minimum Gasteiger partial charge on any atom is -0.152 e. The molecule has 0 nitrogen and oxygen atoms in total. The van der Waals surface area contributed by atoms with Crippen LogP contribution in [0, 0.1) is 0 Å². The third kappa shape index (κ3) is 5.07. The van der Waals surface area contributed by atoms with Crippen LogP contribution in [-0.2, 0) is 32.3 Å². The molecule has 80 valence electrons. The van der Waals surface area contributed by atoms with E-state index < -0.39 is 8.85 Å². The number of fused-ring (bicyclic) bond motifs is 1. The summed E-state index contributed by atoms with van der Waals surface area (Å²) >= 11 is 0. The first-order valence-electron chi connectivity index (χ1n) is 4.04. The maximum atomic E-state index is 9.73. The molecule has 0 bridgehead atoms. The van der Waals surface area contributed by atoms with Crippen LogP contribution in [-0.4, -0.2) is 0 Å². The Morgan fingerprint density at radius 2 is 1.29 bits per heavy atom. The molecule has 1 aromatic rings. The van der Waals surface area contributed by atoms with Crippen molar-refractivity contribution in [2.45, 2.75) is 19.3 Å². The zero-order valence-electron chi connectivity index (χ0n) is 7.37. The predicted octanol–water partition coefficient (Wildman–Crippen LogP) is 4.29. The molecule has 14 heavy (non-hydrogen) atoms. The molecule has 0 aliphatic heterocycles. The summed E-state index contributed by atoms with van der Waals surface area (Å²) in [5.74, 6) is 0. The maximum Gasteiger partial charge on any atom is 0.456 e. The molecule has 0 aromatic heterocycles. The molecule has 0 fully saturated rings. The van der Waals surface area contributed by atoms with Crippen LogP contribution in [0.5, 0.6) is 0 Å². The summed E-state index contributed by atoms with van der Waals surface area (Å²) in [5, 5.41) is 0. The minimum atomic E-state index is -4.12. The summed E-state index contributed by atoms with van der Waals surface area (Å²) in [6.45, 7) is 0. The standard InChI is InChI=1S/C9H10.F3P.Ru/c1-2-5-9-7-3-6-8(9)4-1;1-4(2)3;/h1-2,4-5H,3,6-7H2;;. The van der Waals surface area contributed by atoms with Gasteiger partial charge in [0.25, 0.3) is 0 Å². The second-order valence-corrected chi connectivity index (χ2v) is 3.20. The van der Waals surface area contributed by atoms with Gasteiger partial charge >= 0.3 is 8.85 Å². The van der Waals surface area contributed by atoms with Crippen LogP contribution in [0.1, 0.15) is 17.5 Å². The largest absolute Gasteiger partial charge is 0.456 e. The SMILES string of the molecule is FP(F)F.[Ru].c1ccc2c(c1)CCC2. The van der Waals surface area contributed by atoms with E-state index in [1.807, 2.05) is 0 Å². The van der Waals surface area contributed by atoms with E-state index >= 15 is 0 Å². The fourth-order valence-electron chi connectivity index (χ4n) is 1.51. The van der Waals surface area contributed by atoms with Crippen molar-refractivity contribution in [1.29, 1.82) is 0 Å². The molecule has 5 heteroatoms. The van der Waals surface area contributed by atoms with Crippen molar-refractivity contribution >= 4 is 8.85 Å². The van der Waals surface area contributed by atoms with Crippen LogP contribution in [0.2, 0.25) is 0 Å². The van der Waals surface area contributed by atoms with Gasteiger partial charge in [0.05, 0.1) is 0 Å². The first kappa shape index (κ1) is 14.1. The van der Waals surface area contributed by atoms with Crippen LogP contribution in [0.15, 0.2) is 24.3 Å². The summed E-state index contributed by atoms with van der Waals surface area (Å²) in [6.07, 6.45) is 3.96. The molecule has 0 amide bonds. The Kier molecular flexibility index (Phi) is 7.40. The fraction of sp³-hybridized carbons (Fsp3) is 0.333. The van der Waals surface area contributed by atoms with Crippen molar-refractivity contribution in [3.05, 3.63) is 35.4 Å². The number of rotatable bonds is 0. The molecule has 0 heterocycles. The number of hydrogen-bond acceptors (Lipinski definition) is 0. The van der Waals surface area contributed by atoms with Gasteiger partial charge < -0.3 is 0 Å². The monoisotopic (exact) mass is 308 g/mol. The Labute approximate surface area is 95.8 Å². The van der Waals surface area contributed by atoms with Crippen molar-refractivity contribution in [1.82, 2.24) is 0 Å². The van der Waals surface area contributed by atoms with Crippen LogP contribution in [0.3, 0.4) is 0 Å². The van der Waals surface area contributed by atoms with Crippen molar-refractivity contribution < 1.29 is 32.1 Å². The Morgan fingerprint density at radius 3 is 1.64 bits per heavy atom. The summed E-state index contributed by atoms with van der Waals surface area (Å²) < 4.78 is 29.2. The van der Waals surface area contributed by atoms with Gasteiger partial charge in [-0.1, -0.05) is 24.3 Å². The van der Waals surface area contributed by atoms with E-state index in [4.69, 9.17) is 0 Å². The molecule has 1 aromatic carbocycles. The van der Waals surface area contributed by atoms with E-state index in [1.54, 1.807) is 11.1 Å². The van der Waals surface area contributed by atoms with Gasteiger partial charge in [0.15, 0.2) is 0 Å². The Hall–Kier alpha value is 0.0634. The van der Waals surface area contributed by atoms with E-state index in [0.717, 1.165) is 0 Å². The molecule has 2 rings (SSSR count). The molecule has 0 radical (unpaired) electrons. The smallest absolute Gasteiger partial charge is 0.152 e. The van der Waals surface area contributed by atoms with E-state index in [1.165, 1.54) is 19.3 Å². The normalized spacial score (nSPS) is 12.6. The van der Waals surface area contributed by atoms with E-state index in [0.29, 0.717) is 0 Å². The molecular weight excluding hydrogens is 297 g/mol. The Balaban J connectivity index is 0.000000299. The molecule has 0 saturated heterocycles. The summed E-state index contributed by atoms with van der Waals surface area (Å²) in [4.78, 5) is 0. The number of hydrogen-bond donors (Lipinski definition) is 0. The zero-order chi connectivity index (χ0) is 9.68. The zero-order valence-corrected chi connectivity index (χ0v) is 10.00. The Morgan fingerprint density at radius 1 is 0.929 bits per heavy atom. The fourth-order valence-corrected chi connectivity index (χ4v) is 1.51. The summed E-state index contributed by atoms with van der Waals surface area (Å²) in [5.41, 5.74) is 3.13. The van der Waals surface area contributed by atoms with Gasteiger partial charge in [-0.15, -0.1) is 0 Å². The average molecular weight is 307 g/mol. The van der Waals surface area contributed by atoms with Gasteiger partial charge in [-0.2, -0.15) is 12.6 Å². The second-order valence-electron chi connectivity index (χ2n) is 2.81. The number of aryl methyl sites for hydroxylation is 2. The molecule has 0 unspecified atom stereocenters. The van der Waals surface area contributed by atoms with Crippen LogP contribution < -0.4 is 0 Å². The third-order valence-electron chi connectivity index (χ3n) is 2.01. The maximum absolute atomic E-state index is 9.73. The van der Waals surface area contributed by atoms with Gasteiger partial charge in [-0.3, -0.25) is 0 Å². The summed E-state index contributed by atoms with van der Waals surface area (Å²) in [6, 6.07) is 8.74. The molecule has 0 saturated carbocycles. The van der Waals surface area contributed by atoms with Gasteiger partial charge in [0.2, 0.25) is 0 Å². The van der Waals surface area contributed by atoms with Crippen LogP contribution in [0.4, 0.5) is 12.6 Å². The second kappa shape index (κ2) is 7.37. The summed E-state index contributed by atoms with van der Waals surface area (Å²) in [7, 11) is -4.12. The quantitative estimate of drug-likeness (QED) is 0.495. The minimum absolute atomic E-state index is 0. The molecular formula is C9H10F3PRu. The van der Waals surface area contributed by atoms with E-state index in [-0.39, 0.29) is 19.5 Å². The first-order valence-corrected chi connectivity index (χ1v) is 5.06. The van der Waals surface area contributed by atoms with Gasteiger partial charge in [0, 0.05) is 19.5 Å². The van der Waals surface area contributed by atoms with Crippen molar-refractivity contribution in [3.63, 3.8) is 0 Å². The first-order chi connectivity index (χ1) is 6.20. The van der Waals surface area contributed by atoms with Crippen molar-refractivity contribution in [2.75, 3.05) is 0 Å². The van der Waals surface area contributed by atoms with Crippen molar-refractivity contribution in [2.24, 2.45) is 0 Å². The van der Waals surface area contributed by atoms with Crippen LogP contribution >= 0.6 is 8.85 Å². The van der Waals surface area contributed by atoms with Crippen LogP contribution in [0.25, 0.3) is 0 Å². The van der Waals surface area contributed by atoms with Gasteiger partial charge in [0.1, 0.15) is 0 Å². The topological polar surface area (TPSA) is 0 Å². The third-order valence-corrected chi connectivity index (χ3v) is 2.01. The molecule has 1 aliphatic carbocycles. The molecule has 0 spiro atoms. The molecule has 0 N–H and O–H groups in total. The van der Waals surface area contributed by atoms with Crippen molar-refractivity contribution in [3.8, 4) is 0 Å². The van der Waals surface area contributed by atoms with Gasteiger partial charge in [-0.05, 0) is 30.4 Å².